The molecular weight excluding hydrogens is 542 g/mol. The van der Waals surface area contributed by atoms with Crippen LogP contribution in [0, 0.1) is 11.7 Å². The summed E-state index contributed by atoms with van der Waals surface area (Å²) in [5.41, 5.74) is 0.603. The third kappa shape index (κ3) is 8.01. The number of carbonyl (C=O) groups excluding carboxylic acids is 2. The van der Waals surface area contributed by atoms with E-state index in [0.717, 1.165) is 19.4 Å². The molecule has 1 fully saturated rings. The average molecular weight is 571 g/mol. The van der Waals surface area contributed by atoms with E-state index < -0.39 is 17.5 Å². The van der Waals surface area contributed by atoms with Crippen LogP contribution >= 0.6 is 34.5 Å². The van der Waals surface area contributed by atoms with Crippen molar-refractivity contribution in [1.82, 2.24) is 4.98 Å². The van der Waals surface area contributed by atoms with Gasteiger partial charge in [0.25, 0.3) is 0 Å². The number of ether oxygens (including phenoxy) is 3. The summed E-state index contributed by atoms with van der Waals surface area (Å²) >= 11 is 13.7. The van der Waals surface area contributed by atoms with Crippen molar-refractivity contribution in [2.45, 2.75) is 45.8 Å². The molecule has 0 saturated carbocycles. The fourth-order valence-electron chi connectivity index (χ4n) is 3.59. The predicted molar refractivity (Wildman–Crippen MR) is 144 cm³/mol. The average Bonchev–Trinajstić information content (AvgIpc) is 3.22. The van der Waals surface area contributed by atoms with Crippen molar-refractivity contribution in [3.8, 4) is 0 Å². The highest BCUT2D eigenvalue weighted by molar-refractivity contribution is 7.18. The van der Waals surface area contributed by atoms with Crippen LogP contribution < -0.4 is 4.90 Å². The van der Waals surface area contributed by atoms with Crippen LogP contribution in [-0.2, 0) is 25.5 Å². The molecule has 1 saturated heterocycles. The summed E-state index contributed by atoms with van der Waals surface area (Å²) in [7, 11) is 1.41. The van der Waals surface area contributed by atoms with Crippen molar-refractivity contribution in [2.24, 2.45) is 5.92 Å². The highest BCUT2D eigenvalue weighted by Crippen LogP contribution is 2.38. The number of nitrogens with zero attached hydrogens (tertiary/aromatic N) is 2. The minimum atomic E-state index is -0.715. The quantitative estimate of drug-likeness (QED) is 0.242. The lowest BCUT2D eigenvalue weighted by molar-refractivity contribution is -0.149. The Bertz CT molecular complexity index is 1240. The molecule has 3 aromatic rings. The molecule has 1 aliphatic rings. The largest absolute Gasteiger partial charge is 0.469 e. The number of benzene rings is 1. The van der Waals surface area contributed by atoms with E-state index in [-0.39, 0.29) is 23.6 Å². The predicted octanol–water partition coefficient (Wildman–Crippen LogP) is 7.27. The third-order valence-electron chi connectivity index (χ3n) is 5.31. The van der Waals surface area contributed by atoms with Gasteiger partial charge in [-0.3, -0.25) is 9.69 Å². The lowest BCUT2D eigenvalue weighted by Crippen LogP contribution is -2.36. The first kappa shape index (κ1) is 29.1. The number of anilines is 1. The molecule has 3 heterocycles. The van der Waals surface area contributed by atoms with E-state index >= 15 is 0 Å². The number of esters is 1. The molecule has 1 amide bonds. The van der Waals surface area contributed by atoms with Crippen molar-refractivity contribution in [3.63, 3.8) is 0 Å². The molecule has 0 N–H and O–H groups in total. The van der Waals surface area contributed by atoms with E-state index in [9.17, 15) is 14.0 Å². The summed E-state index contributed by atoms with van der Waals surface area (Å²) in [6.07, 6.45) is 1.27. The van der Waals surface area contributed by atoms with Gasteiger partial charge in [-0.15, -0.1) is 11.3 Å². The monoisotopic (exact) mass is 570 g/mol. The number of hydrogen-bond donors (Lipinski definition) is 0. The number of carbonyl (C=O) groups is 2. The van der Waals surface area contributed by atoms with E-state index in [1.807, 2.05) is 0 Å². The Morgan fingerprint density at radius 2 is 2.00 bits per heavy atom. The smallest absolute Gasteiger partial charge is 0.415 e. The first-order valence-electron chi connectivity index (χ1n) is 11.6. The van der Waals surface area contributed by atoms with Gasteiger partial charge in [-0.25, -0.2) is 14.2 Å². The van der Waals surface area contributed by atoms with Crippen LogP contribution in [0.1, 0.15) is 39.2 Å². The topological polar surface area (TPSA) is 78.0 Å². The number of aromatic nitrogens is 1. The lowest BCUT2D eigenvalue weighted by atomic mass is 10.0. The molecule has 1 atom stereocenters. The van der Waals surface area contributed by atoms with Gasteiger partial charge in [-0.1, -0.05) is 41.4 Å². The SMILES string of the molecule is CC(C)(C)OC(=O)N(Cc1ccccc1F)c1cc(Cl)nc2c(Cl)csc12.COC(=O)C1CCCOC1. The molecule has 11 heteroatoms. The second-order valence-corrected chi connectivity index (χ2v) is 11.0. The first-order chi connectivity index (χ1) is 17.5. The fourth-order valence-corrected chi connectivity index (χ4v) is 4.99. The second-order valence-electron chi connectivity index (χ2n) is 9.32. The number of halogens is 3. The van der Waals surface area contributed by atoms with Gasteiger partial charge in [0.1, 0.15) is 22.1 Å². The molecule has 200 valence electrons. The van der Waals surface area contributed by atoms with Crippen LogP contribution in [0.25, 0.3) is 10.2 Å². The Hall–Kier alpha value is -2.46. The molecule has 2 aromatic heterocycles. The zero-order chi connectivity index (χ0) is 27.2. The maximum absolute atomic E-state index is 14.2. The minimum absolute atomic E-state index is 0.0150. The normalized spacial score (nSPS) is 15.5. The maximum Gasteiger partial charge on any atom is 0.415 e. The Morgan fingerprint density at radius 1 is 1.27 bits per heavy atom. The second kappa shape index (κ2) is 12.9. The first-order valence-corrected chi connectivity index (χ1v) is 13.3. The third-order valence-corrected chi connectivity index (χ3v) is 6.92. The Labute approximate surface area is 229 Å². The Balaban J connectivity index is 0.000000319. The zero-order valence-corrected chi connectivity index (χ0v) is 23.4. The van der Waals surface area contributed by atoms with Crippen LogP contribution in [0.15, 0.2) is 35.7 Å². The molecule has 0 radical (unpaired) electrons. The maximum atomic E-state index is 14.2. The van der Waals surface area contributed by atoms with Gasteiger partial charge in [0.2, 0.25) is 0 Å². The van der Waals surface area contributed by atoms with Gasteiger partial charge >= 0.3 is 12.1 Å². The number of rotatable bonds is 4. The van der Waals surface area contributed by atoms with Crippen molar-refractivity contribution in [2.75, 3.05) is 25.2 Å². The summed E-state index contributed by atoms with van der Waals surface area (Å²) in [5.74, 6) is -0.565. The number of methoxy groups -OCH3 is 1. The number of fused-ring (bicyclic) bond motifs is 1. The van der Waals surface area contributed by atoms with Crippen LogP contribution in [0.5, 0.6) is 0 Å². The molecular formula is C26H29Cl2FN2O5S. The summed E-state index contributed by atoms with van der Waals surface area (Å²) < 4.78 is 30.1. The van der Waals surface area contributed by atoms with Crippen LogP contribution in [0.3, 0.4) is 0 Å². The van der Waals surface area contributed by atoms with Gasteiger partial charge < -0.3 is 14.2 Å². The van der Waals surface area contributed by atoms with Crippen LogP contribution in [0.2, 0.25) is 10.2 Å². The van der Waals surface area contributed by atoms with Gasteiger partial charge in [-0.05, 0) is 39.7 Å². The van der Waals surface area contributed by atoms with Crippen molar-refractivity contribution < 1.29 is 28.2 Å². The number of pyridine rings is 1. The van der Waals surface area contributed by atoms with E-state index in [0.29, 0.717) is 33.1 Å². The van der Waals surface area contributed by atoms with E-state index in [1.165, 1.54) is 29.4 Å². The minimum Gasteiger partial charge on any atom is -0.469 e. The molecule has 4 rings (SSSR count). The van der Waals surface area contributed by atoms with Crippen LogP contribution in [0.4, 0.5) is 14.9 Å². The molecule has 1 aromatic carbocycles. The molecule has 7 nitrogen and oxygen atoms in total. The van der Waals surface area contributed by atoms with Crippen LogP contribution in [-0.4, -0.2) is 43.0 Å². The zero-order valence-electron chi connectivity index (χ0n) is 21.1. The Kier molecular flexibility index (Phi) is 10.1. The lowest BCUT2D eigenvalue weighted by Gasteiger charge is -2.28. The van der Waals surface area contributed by atoms with E-state index in [2.05, 4.69) is 9.72 Å². The number of thiophene rings is 1. The summed E-state index contributed by atoms with van der Waals surface area (Å²) in [6.45, 7) is 6.60. The van der Waals surface area contributed by atoms with Crippen molar-refractivity contribution >= 4 is 62.5 Å². The van der Waals surface area contributed by atoms with E-state index in [1.54, 1.807) is 50.4 Å². The van der Waals surface area contributed by atoms with Gasteiger partial charge in [-0.2, -0.15) is 0 Å². The van der Waals surface area contributed by atoms with Crippen molar-refractivity contribution in [1.29, 1.82) is 0 Å². The Morgan fingerprint density at radius 3 is 2.62 bits per heavy atom. The van der Waals surface area contributed by atoms with Gasteiger partial charge in [0.15, 0.2) is 0 Å². The number of amides is 1. The summed E-state index contributed by atoms with van der Waals surface area (Å²) in [5, 5.41) is 2.34. The molecule has 1 aliphatic heterocycles. The molecule has 37 heavy (non-hydrogen) atoms. The molecule has 1 unspecified atom stereocenters. The van der Waals surface area contributed by atoms with Crippen molar-refractivity contribution in [3.05, 3.63) is 57.3 Å². The molecule has 0 aliphatic carbocycles. The standard InChI is InChI=1S/C19H17Cl2FN2O2S.C7H12O3/c1-19(2,3)26-18(25)24(9-11-6-4-5-7-13(11)22)14-8-15(21)23-16-12(20)10-27-17(14)16;1-9-7(8)6-3-2-4-10-5-6/h4-8,10H,9H2,1-3H3;6H,2-5H2,1H3. The fraction of sp³-hybridized carbons (Fsp3) is 0.423. The highest BCUT2D eigenvalue weighted by Gasteiger charge is 2.27. The molecule has 0 bridgehead atoms. The van der Waals surface area contributed by atoms with Gasteiger partial charge in [0, 0.05) is 23.6 Å². The summed E-state index contributed by atoms with van der Waals surface area (Å²) in [6, 6.07) is 7.83. The van der Waals surface area contributed by atoms with Gasteiger partial charge in [0.05, 0.1) is 41.6 Å². The number of hydrogen-bond acceptors (Lipinski definition) is 7. The molecule has 0 spiro atoms. The highest BCUT2D eigenvalue weighted by atomic mass is 35.5. The van der Waals surface area contributed by atoms with E-state index in [4.69, 9.17) is 32.7 Å². The summed E-state index contributed by atoms with van der Waals surface area (Å²) in [4.78, 5) is 29.4.